The van der Waals surface area contributed by atoms with E-state index in [0.29, 0.717) is 24.9 Å². The summed E-state index contributed by atoms with van der Waals surface area (Å²) in [5.74, 6) is -0.922. The van der Waals surface area contributed by atoms with E-state index in [4.69, 9.17) is 5.11 Å². The van der Waals surface area contributed by atoms with Gasteiger partial charge in [0, 0.05) is 75.5 Å². The minimum absolute atomic E-state index is 0. The van der Waals surface area contributed by atoms with E-state index in [1.807, 2.05) is 24.3 Å². The van der Waals surface area contributed by atoms with Crippen molar-refractivity contribution in [3.63, 3.8) is 0 Å². The molecule has 0 saturated heterocycles. The summed E-state index contributed by atoms with van der Waals surface area (Å²) in [5, 5.41) is 19.0. The number of rotatable bonds is 9. The van der Waals surface area contributed by atoms with E-state index in [9.17, 15) is 14.7 Å². The molecule has 1 amide bonds. The van der Waals surface area contributed by atoms with Gasteiger partial charge in [-0.25, -0.2) is 0 Å². The Morgan fingerprint density at radius 3 is 2.67 bits per heavy atom. The van der Waals surface area contributed by atoms with Gasteiger partial charge in [-0.3, -0.25) is 9.59 Å². The van der Waals surface area contributed by atoms with Gasteiger partial charge in [-0.2, -0.15) is 0 Å². The normalized spacial score (nSPS) is 11.6. The van der Waals surface area contributed by atoms with Crippen LogP contribution < -0.4 is 4.90 Å². The zero-order valence-corrected chi connectivity index (χ0v) is 20.8. The fourth-order valence-corrected chi connectivity index (χ4v) is 3.77. The van der Waals surface area contributed by atoms with Crippen molar-refractivity contribution in [2.24, 2.45) is 0 Å². The number of hydrogen-bond donors (Lipinski definition) is 2. The molecule has 1 radical (unpaired) electrons. The second-order valence-electron chi connectivity index (χ2n) is 7.40. The number of allylic oxidation sites excluding steroid dienone is 1. The van der Waals surface area contributed by atoms with Crippen LogP contribution in [0.5, 0.6) is 5.75 Å². The Morgan fingerprint density at radius 1 is 1.13 bits per heavy atom. The molecule has 153 valence electrons. The first-order valence-electron chi connectivity index (χ1n) is 10.1. The van der Waals surface area contributed by atoms with Crippen molar-refractivity contribution in [2.75, 3.05) is 11.4 Å². The molecular weight excluding hydrogens is 405 g/mol. The molecule has 2 N–H and O–H groups in total. The van der Waals surface area contributed by atoms with E-state index in [0.717, 1.165) is 36.1 Å². The Kier molecular flexibility index (Phi) is 9.78. The van der Waals surface area contributed by atoms with Gasteiger partial charge in [0.2, 0.25) is 0 Å². The Hall–Kier alpha value is -1.44. The number of aliphatic carboxylic acids is 1. The Labute approximate surface area is 220 Å². The number of hydrogen-bond acceptors (Lipinski definition) is 3. The van der Waals surface area contributed by atoms with Gasteiger partial charge in [-0.1, -0.05) is 37.6 Å². The predicted octanol–water partition coefficient (Wildman–Crippen LogP) is 4.43. The summed E-state index contributed by atoms with van der Waals surface area (Å²) in [7, 11) is 0. The van der Waals surface area contributed by atoms with Crippen LogP contribution in [0, 0.1) is 0 Å². The molecule has 0 atom stereocenters. The van der Waals surface area contributed by atoms with Gasteiger partial charge in [-0.15, -0.1) is 0 Å². The van der Waals surface area contributed by atoms with Crippen molar-refractivity contribution in [1.82, 2.24) is 0 Å². The Bertz CT molecular complexity index is 939. The number of carbonyl (C=O) groups excluding carboxylic acids is 1. The van der Waals surface area contributed by atoms with Crippen molar-refractivity contribution in [3.8, 4) is 5.75 Å². The summed E-state index contributed by atoms with van der Waals surface area (Å²) in [4.78, 5) is 26.0. The van der Waals surface area contributed by atoms with Gasteiger partial charge in [0.15, 0.2) is 0 Å². The van der Waals surface area contributed by atoms with Gasteiger partial charge in [0.05, 0.1) is 5.69 Å². The number of phenolic OH excluding ortho intramolecular Hbond substituents is 1. The van der Waals surface area contributed by atoms with Gasteiger partial charge in [0.1, 0.15) is 5.75 Å². The molecule has 0 spiro atoms. The first kappa shape index (κ1) is 24.8. The summed E-state index contributed by atoms with van der Waals surface area (Å²) >= 11 is 0. The molecule has 0 aliphatic heterocycles. The van der Waals surface area contributed by atoms with Crippen molar-refractivity contribution in [3.05, 3.63) is 64.7 Å². The molecule has 0 fully saturated rings. The van der Waals surface area contributed by atoms with Crippen LogP contribution in [0.25, 0.3) is 6.08 Å². The first-order chi connectivity index (χ1) is 14.0. The van der Waals surface area contributed by atoms with Crippen LogP contribution in [0.2, 0.25) is 0 Å². The topological polar surface area (TPSA) is 77.8 Å². The number of carboxylic acid groups (broad SMARTS) is 1. The third-order valence-electron chi connectivity index (χ3n) is 5.12. The number of aryl methyl sites for hydroxylation is 1. The van der Waals surface area contributed by atoms with Crippen LogP contribution in [0.15, 0.2) is 42.5 Å². The van der Waals surface area contributed by atoms with E-state index in [1.54, 1.807) is 11.0 Å². The van der Waals surface area contributed by atoms with E-state index >= 15 is 0 Å². The molecule has 0 bridgehead atoms. The molecule has 0 unspecified atom stereocenters. The van der Waals surface area contributed by atoms with Crippen LogP contribution in [-0.2, 0) is 17.6 Å². The maximum atomic E-state index is 13.5. The van der Waals surface area contributed by atoms with Crippen LogP contribution in [0.3, 0.4) is 0 Å². The van der Waals surface area contributed by atoms with E-state index in [2.05, 4.69) is 19.1 Å². The number of aromatic hydroxyl groups is 1. The quantitative estimate of drug-likeness (QED) is 0.454. The standard InChI is InChI=1S/C24H27NO4.K/c1-2-7-17-14-19(16-20(26)15-17)24(29)25(13-4-3-12-23(27)28)22-11-6-9-18-8-5-10-21(18)22;/h5-6,9-11,14-16,26H,2-4,7-8,12-13H2,1H3,(H,27,28);. The van der Waals surface area contributed by atoms with E-state index in [1.165, 1.54) is 11.6 Å². The molecule has 3 rings (SSSR count). The third kappa shape index (κ3) is 6.28. The van der Waals surface area contributed by atoms with Crippen LogP contribution in [-0.4, -0.2) is 80.0 Å². The summed E-state index contributed by atoms with van der Waals surface area (Å²) in [6, 6.07) is 11.0. The fourth-order valence-electron chi connectivity index (χ4n) is 3.77. The number of fused-ring (bicyclic) bond motifs is 1. The molecule has 0 saturated carbocycles. The van der Waals surface area contributed by atoms with Crippen molar-refractivity contribution in [1.29, 1.82) is 0 Å². The van der Waals surface area contributed by atoms with Crippen LogP contribution >= 0.6 is 0 Å². The number of benzene rings is 2. The van der Waals surface area contributed by atoms with Gasteiger partial charge in [0.25, 0.3) is 5.91 Å². The average molecular weight is 433 g/mol. The molecule has 6 heteroatoms. The molecule has 2 aromatic carbocycles. The largest absolute Gasteiger partial charge is 0.508 e. The van der Waals surface area contributed by atoms with Crippen molar-refractivity contribution < 1.29 is 19.8 Å². The predicted molar refractivity (Wildman–Crippen MR) is 120 cm³/mol. The number of carboxylic acids is 1. The number of nitrogens with zero attached hydrogens (tertiary/aromatic N) is 1. The Balaban J connectivity index is 0.00000320. The molecule has 1 aliphatic carbocycles. The minimum atomic E-state index is -0.830. The summed E-state index contributed by atoms with van der Waals surface area (Å²) < 4.78 is 0. The monoisotopic (exact) mass is 432 g/mol. The fraction of sp³-hybridized carbons (Fsp3) is 0.333. The van der Waals surface area contributed by atoms with E-state index < -0.39 is 5.97 Å². The minimum Gasteiger partial charge on any atom is -0.508 e. The second kappa shape index (κ2) is 11.8. The molecule has 0 heterocycles. The SMILES string of the molecule is CCCc1cc(O)cc(C(=O)N(CCCCC(=O)O)c2cccc3c2C=CC3)c1.[K]. The number of anilines is 1. The molecule has 0 aromatic heterocycles. The summed E-state index contributed by atoms with van der Waals surface area (Å²) in [5.41, 5.74) is 4.42. The molecule has 2 aromatic rings. The molecule has 1 aliphatic rings. The molecule has 5 nitrogen and oxygen atoms in total. The van der Waals surface area contributed by atoms with Crippen LogP contribution in [0.4, 0.5) is 5.69 Å². The molecule has 30 heavy (non-hydrogen) atoms. The summed E-state index contributed by atoms with van der Waals surface area (Å²) in [6.07, 6.45) is 7.85. The van der Waals surface area contributed by atoms with Crippen LogP contribution in [0.1, 0.15) is 59.7 Å². The van der Waals surface area contributed by atoms with Gasteiger partial charge < -0.3 is 15.1 Å². The summed E-state index contributed by atoms with van der Waals surface area (Å²) in [6.45, 7) is 2.48. The van der Waals surface area contributed by atoms with Gasteiger partial charge in [-0.05, 0) is 61.1 Å². The van der Waals surface area contributed by atoms with E-state index in [-0.39, 0.29) is 69.5 Å². The smallest absolute Gasteiger partial charge is 0.303 e. The van der Waals surface area contributed by atoms with Crippen molar-refractivity contribution in [2.45, 2.75) is 45.4 Å². The Morgan fingerprint density at radius 2 is 1.93 bits per heavy atom. The zero-order valence-electron chi connectivity index (χ0n) is 17.7. The van der Waals surface area contributed by atoms with Gasteiger partial charge >= 0.3 is 5.97 Å². The number of unbranched alkanes of at least 4 members (excludes halogenated alkanes) is 1. The van der Waals surface area contributed by atoms with Crippen molar-refractivity contribution >= 4 is 75.0 Å². The molecular formula is C24H27KNO4. The zero-order chi connectivity index (χ0) is 20.8. The first-order valence-corrected chi connectivity index (χ1v) is 10.1. The second-order valence-corrected chi connectivity index (χ2v) is 7.40. The average Bonchev–Trinajstić information content (AvgIpc) is 3.16. The number of phenols is 1. The maximum Gasteiger partial charge on any atom is 0.303 e. The maximum absolute atomic E-state index is 13.5. The number of amides is 1. The third-order valence-corrected chi connectivity index (χ3v) is 5.12. The number of carbonyl (C=O) groups is 2.